The van der Waals surface area contributed by atoms with Gasteiger partial charge in [-0.3, -0.25) is 9.59 Å². The predicted octanol–water partition coefficient (Wildman–Crippen LogP) is 3.80. The molecule has 1 saturated carbocycles. The molecule has 37 heavy (non-hydrogen) atoms. The smallest absolute Gasteiger partial charge is 0.282 e. The summed E-state index contributed by atoms with van der Waals surface area (Å²) in [5, 5.41) is 16.6. The fourth-order valence-electron chi connectivity index (χ4n) is 5.34. The van der Waals surface area contributed by atoms with Gasteiger partial charge < -0.3 is 10.2 Å². The lowest BCUT2D eigenvalue weighted by Crippen LogP contribution is -2.56. The molecule has 0 atom stereocenters. The molecule has 11 heteroatoms. The van der Waals surface area contributed by atoms with E-state index in [1.807, 2.05) is 0 Å². The number of amides is 2. The number of alkyl halides is 2. The van der Waals surface area contributed by atoms with Crippen LogP contribution < -0.4 is 5.32 Å². The van der Waals surface area contributed by atoms with Gasteiger partial charge in [0.05, 0.1) is 17.1 Å². The normalized spacial score (nSPS) is 17.6. The summed E-state index contributed by atoms with van der Waals surface area (Å²) in [6, 6.07) is 8.71. The van der Waals surface area contributed by atoms with Crippen molar-refractivity contribution in [3.63, 3.8) is 0 Å². The third-order valence-corrected chi connectivity index (χ3v) is 7.53. The third kappa shape index (κ3) is 4.52. The number of rotatable bonds is 5. The van der Waals surface area contributed by atoms with Crippen molar-refractivity contribution in [2.24, 2.45) is 10.8 Å². The number of carbonyl (C=O) groups excluding carboxylic acids is 2. The Morgan fingerprint density at radius 3 is 2.43 bits per heavy atom. The zero-order valence-electron chi connectivity index (χ0n) is 20.6. The van der Waals surface area contributed by atoms with Gasteiger partial charge in [-0.15, -0.1) is 0 Å². The lowest BCUT2D eigenvalue weighted by atomic mass is 9.60. The quantitative estimate of drug-likeness (QED) is 0.561. The number of hydrogen-bond donors (Lipinski definition) is 1. The molecule has 0 radical (unpaired) electrons. The Bertz CT molecular complexity index is 1380. The second-order valence-electron chi connectivity index (χ2n) is 10.5. The predicted molar refractivity (Wildman–Crippen MR) is 130 cm³/mol. The number of benzene rings is 1. The molecule has 3 heterocycles. The number of nitrogens with zero attached hydrogens (tertiary/aromatic N) is 6. The fourth-order valence-corrected chi connectivity index (χ4v) is 5.34. The zero-order valence-corrected chi connectivity index (χ0v) is 20.6. The Labute approximate surface area is 212 Å². The van der Waals surface area contributed by atoms with E-state index in [2.05, 4.69) is 26.5 Å². The maximum atomic E-state index is 13.4. The van der Waals surface area contributed by atoms with Crippen LogP contribution >= 0.6 is 0 Å². The third-order valence-electron chi connectivity index (χ3n) is 7.53. The maximum Gasteiger partial charge on any atom is 0.282 e. The number of piperidine rings is 1. The van der Waals surface area contributed by atoms with E-state index in [0.717, 1.165) is 25.7 Å². The minimum absolute atomic E-state index is 0.0219. The van der Waals surface area contributed by atoms with Crippen molar-refractivity contribution in [1.82, 2.24) is 30.0 Å². The van der Waals surface area contributed by atoms with Crippen LogP contribution in [0.15, 0.2) is 36.7 Å². The standard InChI is InChI=1S/C26H27F2N7O2/c1-25(2,15-29)23(37)34-9-7-26(8-10-34)11-17(12-26)32-22(36)16-13-30-24(31-14-16)35-19-6-4-3-5-18(19)20(33-35)21(27)28/h3-6,13-14,17,21H,7-12H2,1-2H3,(H,32,36). The van der Waals surface area contributed by atoms with Crippen molar-refractivity contribution in [2.45, 2.75) is 52.0 Å². The Morgan fingerprint density at radius 1 is 1.16 bits per heavy atom. The second kappa shape index (κ2) is 9.18. The van der Waals surface area contributed by atoms with Crippen LogP contribution in [0.5, 0.6) is 0 Å². The lowest BCUT2D eigenvalue weighted by Gasteiger charge is -2.52. The summed E-state index contributed by atoms with van der Waals surface area (Å²) in [4.78, 5) is 35.5. The zero-order chi connectivity index (χ0) is 26.4. The molecule has 1 aromatic carbocycles. The first kappa shape index (κ1) is 24.7. The van der Waals surface area contributed by atoms with E-state index < -0.39 is 11.8 Å². The number of aromatic nitrogens is 4. The number of carbonyl (C=O) groups is 2. The highest BCUT2D eigenvalue weighted by Crippen LogP contribution is 2.49. The molecular weight excluding hydrogens is 480 g/mol. The van der Waals surface area contributed by atoms with E-state index in [9.17, 15) is 23.6 Å². The van der Waals surface area contributed by atoms with E-state index in [1.54, 1.807) is 43.0 Å². The molecule has 192 valence electrons. The van der Waals surface area contributed by atoms with Crippen LogP contribution in [0, 0.1) is 22.2 Å². The SMILES string of the molecule is CC(C)(C#N)C(=O)N1CCC2(CC1)CC(NC(=O)c1cnc(-n3nc(C(F)F)c4ccccc43)nc1)C2. The number of halogens is 2. The highest BCUT2D eigenvalue weighted by atomic mass is 19.3. The van der Waals surface area contributed by atoms with E-state index in [4.69, 9.17) is 0 Å². The van der Waals surface area contributed by atoms with Crippen LogP contribution in [-0.2, 0) is 4.79 Å². The Hall–Kier alpha value is -3.94. The maximum absolute atomic E-state index is 13.4. The van der Waals surface area contributed by atoms with Crippen LogP contribution in [0.4, 0.5) is 8.78 Å². The first-order chi connectivity index (χ1) is 17.6. The van der Waals surface area contributed by atoms with Crippen LogP contribution in [-0.4, -0.2) is 55.6 Å². The average Bonchev–Trinajstić information content (AvgIpc) is 3.28. The molecule has 1 aliphatic heterocycles. The van der Waals surface area contributed by atoms with Gasteiger partial charge in [-0.1, -0.05) is 18.2 Å². The number of hydrogen-bond acceptors (Lipinski definition) is 6. The van der Waals surface area contributed by atoms with Crippen molar-refractivity contribution >= 4 is 22.7 Å². The average molecular weight is 508 g/mol. The molecule has 1 saturated heterocycles. The molecule has 2 aromatic heterocycles. The van der Waals surface area contributed by atoms with E-state index in [-0.39, 0.29) is 40.5 Å². The summed E-state index contributed by atoms with van der Waals surface area (Å²) in [5.41, 5.74) is -0.527. The first-order valence-electron chi connectivity index (χ1n) is 12.2. The minimum atomic E-state index is -2.74. The first-order valence-corrected chi connectivity index (χ1v) is 12.2. The van der Waals surface area contributed by atoms with Crippen LogP contribution in [0.25, 0.3) is 16.9 Å². The molecule has 0 bridgehead atoms. The summed E-state index contributed by atoms with van der Waals surface area (Å²) in [5.74, 6) is -0.331. The van der Waals surface area contributed by atoms with E-state index >= 15 is 0 Å². The van der Waals surface area contributed by atoms with Crippen molar-refractivity contribution in [3.05, 3.63) is 47.9 Å². The van der Waals surface area contributed by atoms with Crippen molar-refractivity contribution < 1.29 is 18.4 Å². The Kier molecular flexibility index (Phi) is 6.14. The number of para-hydroxylation sites is 1. The van der Waals surface area contributed by atoms with Gasteiger partial charge in [0.25, 0.3) is 18.3 Å². The topological polar surface area (TPSA) is 117 Å². The Morgan fingerprint density at radius 2 is 1.81 bits per heavy atom. The summed E-state index contributed by atoms with van der Waals surface area (Å²) < 4.78 is 28.1. The molecule has 2 aliphatic rings. The van der Waals surface area contributed by atoms with Gasteiger partial charge in [0.1, 0.15) is 11.1 Å². The number of nitriles is 1. The minimum Gasteiger partial charge on any atom is -0.349 e. The molecule has 3 aromatic rings. The van der Waals surface area contributed by atoms with Gasteiger partial charge in [-0.2, -0.15) is 15.0 Å². The van der Waals surface area contributed by atoms with Crippen LogP contribution in [0.3, 0.4) is 0 Å². The molecular formula is C26H27F2N7O2. The van der Waals surface area contributed by atoms with Gasteiger partial charge >= 0.3 is 0 Å². The largest absolute Gasteiger partial charge is 0.349 e. The fraction of sp³-hybridized carbons (Fsp3) is 0.462. The monoisotopic (exact) mass is 507 g/mol. The summed E-state index contributed by atoms with van der Waals surface area (Å²) in [7, 11) is 0. The Balaban J connectivity index is 1.18. The van der Waals surface area contributed by atoms with Gasteiger partial charge in [-0.25, -0.2) is 18.7 Å². The second-order valence-corrected chi connectivity index (χ2v) is 10.5. The molecule has 1 N–H and O–H groups in total. The number of fused-ring (bicyclic) bond motifs is 1. The molecule has 9 nitrogen and oxygen atoms in total. The van der Waals surface area contributed by atoms with Crippen molar-refractivity contribution in [3.8, 4) is 12.0 Å². The van der Waals surface area contributed by atoms with E-state index in [0.29, 0.717) is 24.0 Å². The molecule has 1 spiro atoms. The lowest BCUT2D eigenvalue weighted by molar-refractivity contribution is -0.141. The highest BCUT2D eigenvalue weighted by Gasteiger charge is 2.47. The summed E-state index contributed by atoms with van der Waals surface area (Å²) in [6.07, 6.45) is 3.36. The molecule has 2 amide bonds. The van der Waals surface area contributed by atoms with Gasteiger partial charge in [0.2, 0.25) is 5.91 Å². The summed E-state index contributed by atoms with van der Waals surface area (Å²) in [6.45, 7) is 4.52. The summed E-state index contributed by atoms with van der Waals surface area (Å²) >= 11 is 0. The number of nitrogens with one attached hydrogen (secondary N) is 1. The van der Waals surface area contributed by atoms with Gasteiger partial charge in [0, 0.05) is 36.9 Å². The van der Waals surface area contributed by atoms with Gasteiger partial charge in [-0.05, 0) is 51.0 Å². The molecule has 2 fully saturated rings. The number of likely N-dealkylation sites (tertiary alicyclic amines) is 1. The van der Waals surface area contributed by atoms with Crippen LogP contribution in [0.1, 0.15) is 62.0 Å². The van der Waals surface area contributed by atoms with Crippen molar-refractivity contribution in [2.75, 3.05) is 13.1 Å². The highest BCUT2D eigenvalue weighted by molar-refractivity contribution is 5.94. The molecule has 0 unspecified atom stereocenters. The van der Waals surface area contributed by atoms with Gasteiger partial charge in [0.15, 0.2) is 0 Å². The van der Waals surface area contributed by atoms with Crippen molar-refractivity contribution in [1.29, 1.82) is 5.26 Å². The van der Waals surface area contributed by atoms with Crippen LogP contribution in [0.2, 0.25) is 0 Å². The molecule has 5 rings (SSSR count). The van der Waals surface area contributed by atoms with E-state index in [1.165, 1.54) is 17.1 Å². The molecule has 1 aliphatic carbocycles.